The van der Waals surface area contributed by atoms with Crippen molar-refractivity contribution in [3.63, 3.8) is 0 Å². The normalized spacial score (nSPS) is 15.6. The Morgan fingerprint density at radius 3 is 2.61 bits per heavy atom. The van der Waals surface area contributed by atoms with E-state index in [0.29, 0.717) is 28.0 Å². The number of aryl methyl sites for hydroxylation is 1. The Balaban J connectivity index is 0.000000185. The van der Waals surface area contributed by atoms with Gasteiger partial charge in [0.25, 0.3) is 0 Å². The Hall–Kier alpha value is -4.31. The molecule has 0 unspecified atom stereocenters. The maximum absolute atomic E-state index is 8.56. The van der Waals surface area contributed by atoms with Crippen LogP contribution in [0, 0.1) is 24.4 Å². The van der Waals surface area contributed by atoms with Crippen LogP contribution < -0.4 is 0 Å². The zero-order valence-electron chi connectivity index (χ0n) is 31.4. The summed E-state index contributed by atoms with van der Waals surface area (Å²) >= 11 is 0. The minimum atomic E-state index is -2.21. The number of aromatic nitrogens is 3. The molecule has 1 aliphatic rings. The van der Waals surface area contributed by atoms with Crippen LogP contribution in [0.4, 0.5) is 0 Å². The monoisotopic (exact) mass is 785 g/mol. The van der Waals surface area contributed by atoms with Gasteiger partial charge in [-0.1, -0.05) is 79.8 Å². The molecule has 4 heterocycles. The number of para-hydroxylation sites is 1. The molecule has 0 saturated carbocycles. The van der Waals surface area contributed by atoms with E-state index in [1.54, 1.807) is 42.6 Å². The fourth-order valence-electron chi connectivity index (χ4n) is 5.94. The van der Waals surface area contributed by atoms with Gasteiger partial charge in [-0.2, -0.15) is 0 Å². The molecule has 233 valence electrons. The molecule has 4 aromatic carbocycles. The third-order valence-corrected chi connectivity index (χ3v) is 7.87. The second kappa shape index (κ2) is 12.1. The van der Waals surface area contributed by atoms with Crippen molar-refractivity contribution < 1.29 is 31.4 Å². The number of allylic oxidation sites excluding steroid dienone is 1. The van der Waals surface area contributed by atoms with Gasteiger partial charge in [0.05, 0.1) is 28.0 Å². The summed E-state index contributed by atoms with van der Waals surface area (Å²) in [4.78, 5) is 9.28. The van der Waals surface area contributed by atoms with Gasteiger partial charge in [-0.25, -0.2) is 0 Å². The summed E-state index contributed by atoms with van der Waals surface area (Å²) in [5, 5.41) is 1.65. The zero-order chi connectivity index (χ0) is 35.6. The summed E-state index contributed by atoms with van der Waals surface area (Å²) in [6.07, 6.45) is 4.47. The number of imidazole rings is 1. The molecule has 1 aliphatic heterocycles. The second-order valence-corrected chi connectivity index (χ2v) is 13.0. The molecular weight excluding hydrogens is 743 g/mol. The minimum Gasteiger partial charge on any atom is -0.501 e. The van der Waals surface area contributed by atoms with Crippen molar-refractivity contribution in [3.05, 3.63) is 126 Å². The molecule has 0 saturated heterocycles. The van der Waals surface area contributed by atoms with E-state index < -0.39 is 18.6 Å². The van der Waals surface area contributed by atoms with E-state index in [4.69, 9.17) is 16.3 Å². The molecule has 3 aromatic heterocycles. The number of hydrogen-bond acceptors (Lipinski definition) is 3. The van der Waals surface area contributed by atoms with Gasteiger partial charge in [-0.15, -0.1) is 54.1 Å². The quantitative estimate of drug-likeness (QED) is 0.168. The third-order valence-electron chi connectivity index (χ3n) is 7.87. The molecule has 4 nitrogen and oxygen atoms in total. The first-order chi connectivity index (χ1) is 23.6. The van der Waals surface area contributed by atoms with Crippen molar-refractivity contribution >= 4 is 39.0 Å². The van der Waals surface area contributed by atoms with Crippen LogP contribution in [0.2, 0.25) is 0 Å². The van der Waals surface area contributed by atoms with E-state index in [1.807, 2.05) is 45.0 Å². The van der Waals surface area contributed by atoms with Crippen LogP contribution in [-0.4, -0.2) is 14.5 Å². The average molecular weight is 785 g/mol. The maximum atomic E-state index is 8.56. The predicted octanol–water partition coefficient (Wildman–Crippen LogP) is 10.6. The summed E-state index contributed by atoms with van der Waals surface area (Å²) in [7, 11) is 0. The Kier molecular flexibility index (Phi) is 6.81. The van der Waals surface area contributed by atoms with E-state index in [9.17, 15) is 0 Å². The molecule has 0 amide bonds. The van der Waals surface area contributed by atoms with Crippen LogP contribution in [0.5, 0.6) is 0 Å². The molecule has 5 heteroatoms. The van der Waals surface area contributed by atoms with Crippen molar-refractivity contribution in [2.24, 2.45) is 5.41 Å². The van der Waals surface area contributed by atoms with E-state index in [0.717, 1.165) is 27.7 Å². The van der Waals surface area contributed by atoms with E-state index in [-0.39, 0.29) is 31.2 Å². The van der Waals surface area contributed by atoms with Crippen molar-refractivity contribution in [2.45, 2.75) is 53.4 Å². The fourth-order valence-corrected chi connectivity index (χ4v) is 5.94. The fraction of sp³-hybridized carbons (Fsp3) is 0.220. The minimum absolute atomic E-state index is 0. The largest absolute Gasteiger partial charge is 0.501 e. The molecule has 46 heavy (non-hydrogen) atoms. The Morgan fingerprint density at radius 2 is 1.83 bits per heavy atom. The zero-order valence-corrected chi connectivity index (χ0v) is 28.8. The predicted molar refractivity (Wildman–Crippen MR) is 186 cm³/mol. The van der Waals surface area contributed by atoms with Gasteiger partial charge < -0.3 is 14.0 Å². The van der Waals surface area contributed by atoms with Gasteiger partial charge in [0, 0.05) is 38.5 Å². The molecule has 0 spiro atoms. The SMILES string of the molecule is CC1(C)C=Cc2cccc3nc(-c4[c-]cccc4)n1c23.[2H]C([2H])([2H])c1ccc2c(c1)oc1c(-c3cc(C([2H])([2H])C(C)(C)C)ccn3)[c-]ccc12.[Ir]. The Bertz CT molecular complexity index is 2420. The van der Waals surface area contributed by atoms with Crippen molar-refractivity contribution in [3.8, 4) is 22.6 Å². The van der Waals surface area contributed by atoms with E-state index in [1.165, 1.54) is 11.1 Å². The summed E-state index contributed by atoms with van der Waals surface area (Å²) in [6.45, 7) is 7.81. The molecule has 8 rings (SSSR count). The van der Waals surface area contributed by atoms with Gasteiger partial charge in [-0.05, 0) is 67.5 Å². The standard InChI is InChI=1S/C23H22NO.C18H15N2.Ir/c1-15-8-9-17-18-6-5-7-19(22(18)25-21(17)12-15)20-13-16(10-11-24-20)14-23(2,3)4;1-18(2)12-11-13-9-6-10-15-16(13)20(18)17(19-15)14-7-4-3-5-8-14;/h5-6,8-13H,14H2,1-4H3;3-7,9-12H,1-2H3;/q2*-1;/i1D3,14D2;;. The van der Waals surface area contributed by atoms with Crippen molar-refractivity contribution in [2.75, 3.05) is 0 Å². The average Bonchev–Trinajstić information content (AvgIpc) is 3.67. The number of hydrogen-bond donors (Lipinski definition) is 0. The Morgan fingerprint density at radius 1 is 0.957 bits per heavy atom. The molecule has 0 bridgehead atoms. The van der Waals surface area contributed by atoms with Gasteiger partial charge in [0.15, 0.2) is 0 Å². The van der Waals surface area contributed by atoms with E-state index >= 15 is 0 Å². The van der Waals surface area contributed by atoms with Gasteiger partial charge in [0.2, 0.25) is 0 Å². The molecule has 0 N–H and O–H groups in total. The molecule has 0 fully saturated rings. The van der Waals surface area contributed by atoms with Gasteiger partial charge in [-0.3, -0.25) is 4.98 Å². The summed E-state index contributed by atoms with van der Waals surface area (Å²) < 4.78 is 48.4. The number of nitrogens with zero attached hydrogens (tertiary/aromatic N) is 3. The number of pyridine rings is 1. The first-order valence-electron chi connectivity index (χ1n) is 17.6. The number of furan rings is 1. The molecule has 0 aliphatic carbocycles. The van der Waals surface area contributed by atoms with Crippen molar-refractivity contribution in [1.82, 2.24) is 14.5 Å². The number of fused-ring (bicyclic) bond motifs is 3. The topological polar surface area (TPSA) is 43.9 Å². The summed E-state index contributed by atoms with van der Waals surface area (Å²) in [6, 6.07) is 32.7. The first kappa shape index (κ1) is 25.8. The number of rotatable bonds is 3. The molecule has 1 radical (unpaired) electrons. The second-order valence-electron chi connectivity index (χ2n) is 13.0. The van der Waals surface area contributed by atoms with Crippen molar-refractivity contribution in [1.29, 1.82) is 0 Å². The van der Waals surface area contributed by atoms with Crippen LogP contribution in [0.3, 0.4) is 0 Å². The van der Waals surface area contributed by atoms with Crippen LogP contribution in [0.25, 0.3) is 61.7 Å². The van der Waals surface area contributed by atoms with Gasteiger partial charge >= 0.3 is 0 Å². The number of benzene rings is 4. The summed E-state index contributed by atoms with van der Waals surface area (Å²) in [5.41, 5.74) is 6.83. The van der Waals surface area contributed by atoms with Crippen LogP contribution in [0.15, 0.2) is 102 Å². The van der Waals surface area contributed by atoms with E-state index in [2.05, 4.69) is 71.9 Å². The molecule has 7 aromatic rings. The van der Waals surface area contributed by atoms with Gasteiger partial charge in [0.1, 0.15) is 5.58 Å². The first-order valence-corrected chi connectivity index (χ1v) is 15.1. The van der Waals surface area contributed by atoms with Crippen LogP contribution in [-0.2, 0) is 32.0 Å². The molecular formula is C41H37IrN3O-2. The smallest absolute Gasteiger partial charge is 0.121 e. The molecule has 0 atom stereocenters. The van der Waals surface area contributed by atoms with Crippen LogP contribution >= 0.6 is 0 Å². The Labute approximate surface area is 291 Å². The summed E-state index contributed by atoms with van der Waals surface area (Å²) in [5.74, 6) is 0.988. The maximum Gasteiger partial charge on any atom is 0.121 e. The van der Waals surface area contributed by atoms with Crippen LogP contribution in [0.1, 0.15) is 58.2 Å². The third kappa shape index (κ3) is 5.98.